The number of para-hydroxylation sites is 1. The van der Waals surface area contributed by atoms with Gasteiger partial charge in [-0.3, -0.25) is 14.9 Å². The maximum atomic E-state index is 12.9. The number of benzene rings is 2. The first-order valence-corrected chi connectivity index (χ1v) is 8.30. The Balaban J connectivity index is 1.59. The zero-order valence-electron chi connectivity index (χ0n) is 14.4. The molecule has 2 atom stereocenters. The third kappa shape index (κ3) is 3.29. The molecule has 9 heteroatoms. The molecule has 0 bridgehead atoms. The third-order valence-electron chi connectivity index (χ3n) is 4.24. The zero-order valence-corrected chi connectivity index (χ0v) is 14.4. The van der Waals surface area contributed by atoms with Crippen LogP contribution >= 0.6 is 0 Å². The highest BCUT2D eigenvalue weighted by atomic mass is 16.8. The summed E-state index contributed by atoms with van der Waals surface area (Å²) in [6.07, 6.45) is -1.44. The second-order valence-corrected chi connectivity index (χ2v) is 6.13. The fourth-order valence-corrected chi connectivity index (χ4v) is 2.96. The van der Waals surface area contributed by atoms with E-state index in [1.54, 1.807) is 43.3 Å². The summed E-state index contributed by atoms with van der Waals surface area (Å²) in [6.45, 7) is 2.06. The Morgan fingerprint density at radius 2 is 1.96 bits per heavy atom. The van der Waals surface area contributed by atoms with Crippen molar-refractivity contribution in [3.63, 3.8) is 0 Å². The van der Waals surface area contributed by atoms with Gasteiger partial charge in [-0.05, 0) is 31.2 Å². The van der Waals surface area contributed by atoms with E-state index < -0.39 is 17.1 Å². The molecular formula is C18H16N2O7. The van der Waals surface area contributed by atoms with Crippen LogP contribution in [0, 0.1) is 10.1 Å². The SMILES string of the molecule is CC1CN(C(=O)c2ccc3c(c2)OCO3)OC(c2ccccc2[N+](=O)[O-])O1. The van der Waals surface area contributed by atoms with Gasteiger partial charge >= 0.3 is 0 Å². The monoisotopic (exact) mass is 372 g/mol. The summed E-state index contributed by atoms with van der Waals surface area (Å²) in [5.74, 6) is 0.657. The van der Waals surface area contributed by atoms with E-state index in [1.165, 1.54) is 6.07 Å². The molecule has 1 fully saturated rings. The smallest absolute Gasteiger partial charge is 0.277 e. The quantitative estimate of drug-likeness (QED) is 0.603. The molecule has 140 valence electrons. The lowest BCUT2D eigenvalue weighted by molar-refractivity contribution is -0.390. The number of rotatable bonds is 3. The summed E-state index contributed by atoms with van der Waals surface area (Å²) in [5.41, 5.74) is 0.472. The van der Waals surface area contributed by atoms with E-state index in [2.05, 4.69) is 0 Å². The molecule has 2 aromatic carbocycles. The van der Waals surface area contributed by atoms with Crippen molar-refractivity contribution in [1.82, 2.24) is 5.06 Å². The van der Waals surface area contributed by atoms with Crippen LogP contribution in [0.25, 0.3) is 0 Å². The second kappa shape index (κ2) is 6.86. The number of nitro groups is 1. The molecule has 0 spiro atoms. The molecule has 27 heavy (non-hydrogen) atoms. The standard InChI is InChI=1S/C18H16N2O7/c1-11-9-19(17(21)12-6-7-15-16(8-12)25-10-24-15)27-18(26-11)13-4-2-3-5-14(13)20(22)23/h2-8,11,18H,9-10H2,1H3. The van der Waals surface area contributed by atoms with Crippen molar-refractivity contribution < 1.29 is 28.8 Å². The van der Waals surface area contributed by atoms with E-state index in [0.717, 1.165) is 5.06 Å². The van der Waals surface area contributed by atoms with Crippen LogP contribution in [0.2, 0.25) is 0 Å². The van der Waals surface area contributed by atoms with E-state index in [1.807, 2.05) is 0 Å². The average Bonchev–Trinajstić information content (AvgIpc) is 3.14. The summed E-state index contributed by atoms with van der Waals surface area (Å²) >= 11 is 0. The van der Waals surface area contributed by atoms with Gasteiger partial charge in [0.05, 0.1) is 23.1 Å². The normalized spacial score (nSPS) is 21.1. The van der Waals surface area contributed by atoms with Crippen LogP contribution in [-0.4, -0.2) is 35.3 Å². The number of hydrogen-bond acceptors (Lipinski definition) is 7. The Kier molecular flexibility index (Phi) is 4.38. The van der Waals surface area contributed by atoms with Gasteiger partial charge in [0.15, 0.2) is 11.5 Å². The van der Waals surface area contributed by atoms with Gasteiger partial charge in [-0.15, -0.1) is 0 Å². The molecule has 0 radical (unpaired) electrons. The Hall–Kier alpha value is -3.17. The highest BCUT2D eigenvalue weighted by molar-refractivity contribution is 5.94. The lowest BCUT2D eigenvalue weighted by Crippen LogP contribution is -2.44. The molecule has 9 nitrogen and oxygen atoms in total. The van der Waals surface area contributed by atoms with Crippen molar-refractivity contribution in [3.05, 3.63) is 63.7 Å². The number of hydrogen-bond donors (Lipinski definition) is 0. The number of nitro benzene ring substituents is 1. The van der Waals surface area contributed by atoms with Gasteiger partial charge < -0.3 is 14.2 Å². The number of fused-ring (bicyclic) bond motifs is 1. The molecule has 0 N–H and O–H groups in total. The van der Waals surface area contributed by atoms with Crippen molar-refractivity contribution in [3.8, 4) is 11.5 Å². The Morgan fingerprint density at radius 3 is 2.78 bits per heavy atom. The number of ether oxygens (including phenoxy) is 3. The third-order valence-corrected chi connectivity index (χ3v) is 4.24. The van der Waals surface area contributed by atoms with Gasteiger partial charge in [0.25, 0.3) is 11.6 Å². The molecule has 2 aliphatic rings. The molecule has 0 saturated carbocycles. The van der Waals surface area contributed by atoms with Crippen LogP contribution in [-0.2, 0) is 9.57 Å². The minimum absolute atomic E-state index is 0.109. The van der Waals surface area contributed by atoms with Gasteiger partial charge in [-0.25, -0.2) is 9.90 Å². The lowest BCUT2D eigenvalue weighted by atomic mass is 10.1. The van der Waals surface area contributed by atoms with E-state index in [0.29, 0.717) is 17.1 Å². The van der Waals surface area contributed by atoms with Crippen LogP contribution in [0.1, 0.15) is 29.1 Å². The zero-order chi connectivity index (χ0) is 19.0. The average molecular weight is 372 g/mol. The predicted octanol–water partition coefficient (Wildman–Crippen LogP) is 2.81. The van der Waals surface area contributed by atoms with Crippen molar-refractivity contribution in [2.24, 2.45) is 0 Å². The molecule has 2 unspecified atom stereocenters. The first-order chi connectivity index (χ1) is 13.0. The maximum absolute atomic E-state index is 12.9. The van der Waals surface area contributed by atoms with Gasteiger partial charge in [-0.1, -0.05) is 12.1 Å². The van der Waals surface area contributed by atoms with Crippen molar-refractivity contribution in [1.29, 1.82) is 0 Å². The summed E-state index contributed by atoms with van der Waals surface area (Å²) in [4.78, 5) is 29.3. The largest absolute Gasteiger partial charge is 0.454 e. The number of nitrogens with zero attached hydrogens (tertiary/aromatic N) is 2. The minimum Gasteiger partial charge on any atom is -0.454 e. The number of carbonyl (C=O) groups is 1. The summed E-state index contributed by atoms with van der Waals surface area (Å²) in [7, 11) is 0. The van der Waals surface area contributed by atoms with Gasteiger partial charge in [0, 0.05) is 11.6 Å². The van der Waals surface area contributed by atoms with Crippen LogP contribution in [0.4, 0.5) is 5.69 Å². The summed E-state index contributed by atoms with van der Waals surface area (Å²) in [6, 6.07) is 11.0. The lowest BCUT2D eigenvalue weighted by Gasteiger charge is -2.35. The molecule has 0 aliphatic carbocycles. The van der Waals surface area contributed by atoms with Crippen molar-refractivity contribution in [2.75, 3.05) is 13.3 Å². The van der Waals surface area contributed by atoms with E-state index in [-0.39, 0.29) is 30.7 Å². The maximum Gasteiger partial charge on any atom is 0.277 e. The Morgan fingerprint density at radius 1 is 1.19 bits per heavy atom. The molecular weight excluding hydrogens is 356 g/mol. The van der Waals surface area contributed by atoms with E-state index >= 15 is 0 Å². The van der Waals surface area contributed by atoms with Gasteiger partial charge in [-0.2, -0.15) is 0 Å². The molecule has 2 aromatic rings. The van der Waals surface area contributed by atoms with E-state index in [4.69, 9.17) is 19.0 Å². The first-order valence-electron chi connectivity index (χ1n) is 8.30. The minimum atomic E-state index is -1.06. The summed E-state index contributed by atoms with van der Waals surface area (Å²) in [5, 5.41) is 12.4. The fraction of sp³-hybridized carbons (Fsp3) is 0.278. The first kappa shape index (κ1) is 17.3. The van der Waals surface area contributed by atoms with Crippen LogP contribution in [0.5, 0.6) is 11.5 Å². The van der Waals surface area contributed by atoms with Crippen LogP contribution in [0.15, 0.2) is 42.5 Å². The number of amides is 1. The van der Waals surface area contributed by atoms with Gasteiger partial charge in [0.2, 0.25) is 13.1 Å². The fourth-order valence-electron chi connectivity index (χ4n) is 2.96. The van der Waals surface area contributed by atoms with Crippen LogP contribution < -0.4 is 9.47 Å². The molecule has 0 aromatic heterocycles. The predicted molar refractivity (Wildman–Crippen MR) is 91.1 cm³/mol. The topological polar surface area (TPSA) is 100 Å². The molecule has 1 saturated heterocycles. The number of hydroxylamine groups is 2. The highest BCUT2D eigenvalue weighted by Gasteiger charge is 2.35. The molecule has 2 heterocycles. The highest BCUT2D eigenvalue weighted by Crippen LogP contribution is 2.35. The van der Waals surface area contributed by atoms with Crippen molar-refractivity contribution >= 4 is 11.6 Å². The van der Waals surface area contributed by atoms with E-state index in [9.17, 15) is 14.9 Å². The second-order valence-electron chi connectivity index (χ2n) is 6.13. The Labute approximate surface area is 154 Å². The van der Waals surface area contributed by atoms with Gasteiger partial charge in [0.1, 0.15) is 0 Å². The molecule has 2 aliphatic heterocycles. The molecule has 4 rings (SSSR count). The van der Waals surface area contributed by atoms with Crippen LogP contribution in [0.3, 0.4) is 0 Å². The summed E-state index contributed by atoms with van der Waals surface area (Å²) < 4.78 is 16.2. The molecule has 1 amide bonds. The Bertz CT molecular complexity index is 901. The number of carbonyl (C=O) groups excluding carboxylic acids is 1. The van der Waals surface area contributed by atoms with Crippen molar-refractivity contribution in [2.45, 2.75) is 19.3 Å².